The molecule has 0 heterocycles. The van der Waals surface area contributed by atoms with Crippen LogP contribution >= 0.6 is 11.6 Å². The van der Waals surface area contributed by atoms with Gasteiger partial charge in [-0.15, -0.1) is 0 Å². The molecule has 3 aromatic rings. The Morgan fingerprint density at radius 2 is 1.68 bits per heavy atom. The van der Waals surface area contributed by atoms with Gasteiger partial charge in [0.15, 0.2) is 0 Å². The Balaban J connectivity index is 1.66. The van der Waals surface area contributed by atoms with Crippen LogP contribution in [0.5, 0.6) is 11.5 Å². The highest BCUT2D eigenvalue weighted by Crippen LogP contribution is 2.30. The van der Waals surface area contributed by atoms with E-state index in [1.165, 1.54) is 24.3 Å². The van der Waals surface area contributed by atoms with Gasteiger partial charge in [0, 0.05) is 6.54 Å². The zero-order valence-corrected chi connectivity index (χ0v) is 16.4. The molecular weight excluding hydrogens is 396 g/mol. The van der Waals surface area contributed by atoms with E-state index in [4.69, 9.17) is 16.3 Å². The second kappa shape index (κ2) is 8.89. The Morgan fingerprint density at radius 3 is 2.36 bits per heavy atom. The number of rotatable bonds is 7. The number of ether oxygens (including phenoxy) is 1. The first kappa shape index (κ1) is 19.9. The molecule has 0 aliphatic rings. The fourth-order valence-corrected chi connectivity index (χ4v) is 3.81. The summed E-state index contributed by atoms with van der Waals surface area (Å²) in [6, 6.07) is 22.5. The molecule has 0 spiro atoms. The van der Waals surface area contributed by atoms with Crippen molar-refractivity contribution in [3.63, 3.8) is 0 Å². The molecule has 0 aliphatic heterocycles. The van der Waals surface area contributed by atoms with Crippen molar-refractivity contribution < 1.29 is 13.2 Å². The summed E-state index contributed by atoms with van der Waals surface area (Å²) in [6.45, 7) is 0.304. The number of benzene rings is 3. The van der Waals surface area contributed by atoms with Crippen molar-refractivity contribution in [1.82, 2.24) is 4.72 Å². The first-order chi connectivity index (χ1) is 13.5. The summed E-state index contributed by atoms with van der Waals surface area (Å²) in [5, 5.41) is 9.48. The molecule has 0 saturated carbocycles. The molecular formula is C21H17ClN2O3S. The van der Waals surface area contributed by atoms with Crippen LogP contribution in [0.3, 0.4) is 0 Å². The van der Waals surface area contributed by atoms with Crippen LogP contribution in [-0.4, -0.2) is 15.0 Å². The Labute approximate surface area is 169 Å². The molecule has 0 radical (unpaired) electrons. The predicted octanol–water partition coefficient (Wildman–Crippen LogP) is 4.52. The lowest BCUT2D eigenvalue weighted by Gasteiger charge is -2.10. The molecule has 3 aromatic carbocycles. The molecule has 5 nitrogen and oxygen atoms in total. The van der Waals surface area contributed by atoms with Crippen LogP contribution in [-0.2, 0) is 16.4 Å². The highest BCUT2D eigenvalue weighted by atomic mass is 35.5. The van der Waals surface area contributed by atoms with Gasteiger partial charge in [0.25, 0.3) is 0 Å². The van der Waals surface area contributed by atoms with Gasteiger partial charge in [0.05, 0.1) is 9.92 Å². The Hall–Kier alpha value is -2.85. The number of halogens is 1. The zero-order chi connectivity index (χ0) is 20.0. The third kappa shape index (κ3) is 4.90. The average Bonchev–Trinajstić information content (AvgIpc) is 2.69. The molecule has 142 valence electrons. The van der Waals surface area contributed by atoms with E-state index in [1.807, 2.05) is 36.4 Å². The number of hydrogen-bond acceptors (Lipinski definition) is 4. The van der Waals surface area contributed by atoms with Crippen molar-refractivity contribution in [1.29, 1.82) is 5.26 Å². The van der Waals surface area contributed by atoms with E-state index in [0.717, 1.165) is 5.56 Å². The largest absolute Gasteiger partial charge is 0.456 e. The molecule has 0 atom stereocenters. The molecule has 0 aliphatic carbocycles. The molecule has 1 N–H and O–H groups in total. The van der Waals surface area contributed by atoms with Crippen LogP contribution in [0.25, 0.3) is 0 Å². The number of nitrogens with zero attached hydrogens (tertiary/aromatic N) is 1. The van der Waals surface area contributed by atoms with Gasteiger partial charge in [-0.05, 0) is 48.4 Å². The molecule has 3 rings (SSSR count). The van der Waals surface area contributed by atoms with Gasteiger partial charge in [-0.1, -0.05) is 48.0 Å². The normalized spacial score (nSPS) is 11.0. The minimum absolute atomic E-state index is 0.138. The maximum absolute atomic E-state index is 12.4. The fraction of sp³-hybridized carbons (Fsp3) is 0.0952. The summed E-state index contributed by atoms with van der Waals surface area (Å²) < 4.78 is 33.1. The summed E-state index contributed by atoms with van der Waals surface area (Å²) in [6.07, 6.45) is 0.604. The Morgan fingerprint density at radius 1 is 0.964 bits per heavy atom. The topological polar surface area (TPSA) is 79.2 Å². The van der Waals surface area contributed by atoms with Gasteiger partial charge in [0.1, 0.15) is 23.1 Å². The van der Waals surface area contributed by atoms with Gasteiger partial charge in [-0.2, -0.15) is 5.26 Å². The smallest absolute Gasteiger partial charge is 0.240 e. The SMILES string of the molecule is N#Cc1c(Cl)cccc1Oc1ccc(S(=O)(=O)NCCc2ccccc2)cc1. The van der Waals surface area contributed by atoms with E-state index in [0.29, 0.717) is 29.5 Å². The van der Waals surface area contributed by atoms with Crippen molar-refractivity contribution in [2.75, 3.05) is 6.54 Å². The summed E-state index contributed by atoms with van der Waals surface area (Å²) in [5.74, 6) is 0.716. The van der Waals surface area contributed by atoms with Crippen molar-refractivity contribution >= 4 is 21.6 Å². The predicted molar refractivity (Wildman–Crippen MR) is 108 cm³/mol. The van der Waals surface area contributed by atoms with Gasteiger partial charge in [0.2, 0.25) is 10.0 Å². The van der Waals surface area contributed by atoms with Crippen molar-refractivity contribution in [2.24, 2.45) is 0 Å². The third-order valence-electron chi connectivity index (χ3n) is 4.00. The van der Waals surface area contributed by atoms with Crippen LogP contribution in [0.1, 0.15) is 11.1 Å². The van der Waals surface area contributed by atoms with Gasteiger partial charge in [-0.25, -0.2) is 13.1 Å². The van der Waals surface area contributed by atoms with Crippen molar-refractivity contribution in [3.8, 4) is 17.6 Å². The summed E-state index contributed by atoms with van der Waals surface area (Å²) in [4.78, 5) is 0.138. The maximum atomic E-state index is 12.4. The second-order valence-electron chi connectivity index (χ2n) is 5.93. The molecule has 0 bridgehead atoms. The summed E-state index contributed by atoms with van der Waals surface area (Å²) in [5.41, 5.74) is 1.28. The minimum Gasteiger partial charge on any atom is -0.456 e. The van der Waals surface area contributed by atoms with Crippen LogP contribution in [0.2, 0.25) is 5.02 Å². The minimum atomic E-state index is -3.62. The number of sulfonamides is 1. The molecule has 0 unspecified atom stereocenters. The Bertz CT molecular complexity index is 1090. The molecule has 7 heteroatoms. The number of nitrogens with one attached hydrogen (secondary N) is 1. The first-order valence-electron chi connectivity index (χ1n) is 8.50. The van der Waals surface area contributed by atoms with Crippen molar-refractivity contribution in [2.45, 2.75) is 11.3 Å². The molecule has 0 aromatic heterocycles. The molecule has 0 saturated heterocycles. The van der Waals surface area contributed by atoms with E-state index in [9.17, 15) is 13.7 Å². The van der Waals surface area contributed by atoms with E-state index in [-0.39, 0.29) is 10.5 Å². The van der Waals surface area contributed by atoms with Crippen molar-refractivity contribution in [3.05, 3.63) is 88.9 Å². The monoisotopic (exact) mass is 412 g/mol. The van der Waals surface area contributed by atoms with Gasteiger partial charge in [-0.3, -0.25) is 0 Å². The van der Waals surface area contributed by atoms with Gasteiger partial charge >= 0.3 is 0 Å². The van der Waals surface area contributed by atoms with E-state index in [2.05, 4.69) is 4.72 Å². The standard InChI is InChI=1S/C21H17ClN2O3S/c22-20-7-4-8-21(19(20)15-23)27-17-9-11-18(12-10-17)28(25,26)24-14-13-16-5-2-1-3-6-16/h1-12,24H,13-14H2. The fourth-order valence-electron chi connectivity index (χ4n) is 2.57. The average molecular weight is 413 g/mol. The van der Waals surface area contributed by atoms with E-state index in [1.54, 1.807) is 18.2 Å². The third-order valence-corrected chi connectivity index (χ3v) is 5.79. The highest BCUT2D eigenvalue weighted by molar-refractivity contribution is 7.89. The lowest BCUT2D eigenvalue weighted by atomic mass is 10.2. The quantitative estimate of drug-likeness (QED) is 0.618. The lowest BCUT2D eigenvalue weighted by molar-refractivity contribution is 0.480. The van der Waals surface area contributed by atoms with Crippen LogP contribution in [0.15, 0.2) is 77.7 Å². The van der Waals surface area contributed by atoms with Crippen LogP contribution in [0.4, 0.5) is 0 Å². The van der Waals surface area contributed by atoms with E-state index < -0.39 is 10.0 Å². The number of nitriles is 1. The molecule has 0 fully saturated rings. The number of hydrogen-bond donors (Lipinski definition) is 1. The highest BCUT2D eigenvalue weighted by Gasteiger charge is 2.14. The summed E-state index contributed by atoms with van der Waals surface area (Å²) in [7, 11) is -3.62. The van der Waals surface area contributed by atoms with E-state index >= 15 is 0 Å². The first-order valence-corrected chi connectivity index (χ1v) is 10.4. The molecule has 0 amide bonds. The van der Waals surface area contributed by atoms with Crippen LogP contribution in [0, 0.1) is 11.3 Å². The molecule has 28 heavy (non-hydrogen) atoms. The van der Waals surface area contributed by atoms with Crippen LogP contribution < -0.4 is 9.46 Å². The van der Waals surface area contributed by atoms with Gasteiger partial charge < -0.3 is 4.74 Å². The zero-order valence-electron chi connectivity index (χ0n) is 14.8. The lowest BCUT2D eigenvalue weighted by Crippen LogP contribution is -2.25. The second-order valence-corrected chi connectivity index (χ2v) is 8.11. The maximum Gasteiger partial charge on any atom is 0.240 e. The Kier molecular flexibility index (Phi) is 6.32. The summed E-state index contributed by atoms with van der Waals surface area (Å²) >= 11 is 5.98.